The van der Waals surface area contributed by atoms with Crippen LogP contribution in [0.25, 0.3) is 0 Å². The maximum Gasteiger partial charge on any atom is 0.322 e. The summed E-state index contributed by atoms with van der Waals surface area (Å²) in [6.07, 6.45) is 1.70. The molecule has 0 bridgehead atoms. The van der Waals surface area contributed by atoms with Gasteiger partial charge in [-0.25, -0.2) is 0 Å². The molecule has 2 rings (SSSR count). The van der Waals surface area contributed by atoms with Gasteiger partial charge in [-0.3, -0.25) is 4.79 Å². The zero-order valence-electron chi connectivity index (χ0n) is 11.2. The van der Waals surface area contributed by atoms with E-state index in [0.717, 1.165) is 12.8 Å². The van der Waals surface area contributed by atoms with Gasteiger partial charge in [0.05, 0.1) is 5.37 Å². The zero-order chi connectivity index (χ0) is 14.2. The van der Waals surface area contributed by atoms with Crippen LogP contribution in [0.2, 0.25) is 0 Å². The molecular formula is C11H20N2O4S2. The Morgan fingerprint density at radius 3 is 2.37 bits per heavy atom. The molecule has 110 valence electrons. The van der Waals surface area contributed by atoms with Crippen LogP contribution in [-0.2, 0) is 15.0 Å². The zero-order valence-corrected chi connectivity index (χ0v) is 12.8. The van der Waals surface area contributed by atoms with Crippen molar-refractivity contribution < 1.29 is 18.3 Å². The molecule has 0 saturated carbocycles. The Labute approximate surface area is 118 Å². The van der Waals surface area contributed by atoms with Crippen molar-refractivity contribution in [1.29, 1.82) is 0 Å². The highest BCUT2D eigenvalue weighted by molar-refractivity contribution is 8.01. The summed E-state index contributed by atoms with van der Waals surface area (Å²) in [7, 11) is -3.66. The highest BCUT2D eigenvalue weighted by atomic mass is 32.2. The number of nitrogens with zero attached hydrogens (tertiary/aromatic N) is 2. The first kappa shape index (κ1) is 15.1. The van der Waals surface area contributed by atoms with Crippen molar-refractivity contribution in [3.63, 3.8) is 0 Å². The fourth-order valence-electron chi connectivity index (χ4n) is 2.52. The van der Waals surface area contributed by atoms with Crippen LogP contribution < -0.4 is 0 Å². The Morgan fingerprint density at radius 2 is 1.89 bits per heavy atom. The van der Waals surface area contributed by atoms with Crippen molar-refractivity contribution in [2.24, 2.45) is 5.92 Å². The number of carboxylic acid groups (broad SMARTS) is 1. The molecule has 0 radical (unpaired) electrons. The first-order chi connectivity index (χ1) is 8.85. The average Bonchev–Trinajstić information content (AvgIpc) is 2.98. The van der Waals surface area contributed by atoms with Crippen molar-refractivity contribution in [3.05, 3.63) is 0 Å². The first-order valence-corrected chi connectivity index (χ1v) is 8.93. The van der Waals surface area contributed by atoms with Gasteiger partial charge in [0.25, 0.3) is 10.2 Å². The van der Waals surface area contributed by atoms with Crippen LogP contribution in [0.3, 0.4) is 0 Å². The summed E-state index contributed by atoms with van der Waals surface area (Å²) in [5.74, 6) is -0.643. The topological polar surface area (TPSA) is 77.9 Å². The molecular weight excluding hydrogens is 288 g/mol. The van der Waals surface area contributed by atoms with E-state index in [2.05, 4.69) is 0 Å². The molecule has 6 nitrogen and oxygen atoms in total. The van der Waals surface area contributed by atoms with E-state index in [4.69, 9.17) is 0 Å². The third-order valence-electron chi connectivity index (χ3n) is 3.50. The maximum atomic E-state index is 12.6. The van der Waals surface area contributed by atoms with Gasteiger partial charge in [-0.15, -0.1) is 11.8 Å². The SMILES string of the molecule is CC(C)C1SCC(C(=O)O)N1S(=O)(=O)N1CCCC1. The maximum absolute atomic E-state index is 12.6. The van der Waals surface area contributed by atoms with Gasteiger partial charge >= 0.3 is 5.97 Å². The predicted octanol–water partition coefficient (Wildman–Crippen LogP) is 0.811. The van der Waals surface area contributed by atoms with Crippen molar-refractivity contribution >= 4 is 27.9 Å². The van der Waals surface area contributed by atoms with Crippen LogP contribution in [0, 0.1) is 5.92 Å². The van der Waals surface area contributed by atoms with Gasteiger partial charge in [0, 0.05) is 18.8 Å². The summed E-state index contributed by atoms with van der Waals surface area (Å²) in [6.45, 7) is 4.85. The van der Waals surface area contributed by atoms with E-state index in [0.29, 0.717) is 18.8 Å². The Balaban J connectivity index is 2.32. The second-order valence-corrected chi connectivity index (χ2v) is 8.25. The minimum absolute atomic E-state index is 0.0896. The second kappa shape index (κ2) is 5.59. The van der Waals surface area contributed by atoms with Crippen LogP contribution in [0.15, 0.2) is 0 Å². The molecule has 8 heteroatoms. The molecule has 2 aliphatic heterocycles. The molecule has 2 aliphatic rings. The molecule has 0 aromatic rings. The summed E-state index contributed by atoms with van der Waals surface area (Å²) in [6, 6.07) is -0.942. The van der Waals surface area contributed by atoms with E-state index >= 15 is 0 Å². The number of thioether (sulfide) groups is 1. The Morgan fingerprint density at radius 1 is 1.32 bits per heavy atom. The van der Waals surface area contributed by atoms with E-state index in [1.165, 1.54) is 20.4 Å². The van der Waals surface area contributed by atoms with E-state index in [9.17, 15) is 18.3 Å². The normalized spacial score (nSPS) is 30.3. The summed E-state index contributed by atoms with van der Waals surface area (Å²) >= 11 is 1.42. The quantitative estimate of drug-likeness (QED) is 0.831. The lowest BCUT2D eigenvalue weighted by atomic mass is 10.2. The summed E-state index contributed by atoms with van der Waals surface area (Å²) in [4.78, 5) is 11.3. The Hall–Kier alpha value is -0.310. The van der Waals surface area contributed by atoms with Crippen molar-refractivity contribution in [2.75, 3.05) is 18.8 Å². The monoisotopic (exact) mass is 308 g/mol. The van der Waals surface area contributed by atoms with Crippen molar-refractivity contribution in [3.8, 4) is 0 Å². The van der Waals surface area contributed by atoms with Gasteiger partial charge in [0.15, 0.2) is 0 Å². The lowest BCUT2D eigenvalue weighted by molar-refractivity contribution is -0.140. The lowest BCUT2D eigenvalue weighted by Crippen LogP contribution is -2.52. The predicted molar refractivity (Wildman–Crippen MR) is 74.1 cm³/mol. The van der Waals surface area contributed by atoms with Gasteiger partial charge in [0.2, 0.25) is 0 Å². The largest absolute Gasteiger partial charge is 0.480 e. The van der Waals surface area contributed by atoms with Gasteiger partial charge in [0.1, 0.15) is 6.04 Å². The van der Waals surface area contributed by atoms with Gasteiger partial charge in [-0.1, -0.05) is 13.8 Å². The van der Waals surface area contributed by atoms with E-state index < -0.39 is 22.2 Å². The van der Waals surface area contributed by atoms with Crippen molar-refractivity contribution in [2.45, 2.75) is 38.1 Å². The summed E-state index contributed by atoms with van der Waals surface area (Å²) in [5.41, 5.74) is 0. The Bertz CT molecular complexity index is 446. The van der Waals surface area contributed by atoms with Crippen LogP contribution in [0.5, 0.6) is 0 Å². The summed E-state index contributed by atoms with van der Waals surface area (Å²) in [5, 5.41) is 8.97. The van der Waals surface area contributed by atoms with E-state index in [-0.39, 0.29) is 11.3 Å². The number of carbonyl (C=O) groups is 1. The Kier molecular flexibility index (Phi) is 4.44. The number of rotatable bonds is 4. The average molecular weight is 308 g/mol. The van der Waals surface area contributed by atoms with Gasteiger partial charge in [-0.2, -0.15) is 17.0 Å². The lowest BCUT2D eigenvalue weighted by Gasteiger charge is -2.32. The molecule has 2 fully saturated rings. The molecule has 19 heavy (non-hydrogen) atoms. The van der Waals surface area contributed by atoms with Crippen LogP contribution >= 0.6 is 11.8 Å². The van der Waals surface area contributed by atoms with E-state index in [1.54, 1.807) is 0 Å². The molecule has 2 heterocycles. The third kappa shape index (κ3) is 2.76. The van der Waals surface area contributed by atoms with Crippen LogP contribution in [0.1, 0.15) is 26.7 Å². The molecule has 2 atom stereocenters. The van der Waals surface area contributed by atoms with Crippen molar-refractivity contribution in [1.82, 2.24) is 8.61 Å². The van der Waals surface area contributed by atoms with Gasteiger partial charge < -0.3 is 5.11 Å². The second-order valence-electron chi connectivity index (χ2n) is 5.27. The summed E-state index contributed by atoms with van der Waals surface area (Å²) < 4.78 is 27.9. The third-order valence-corrected chi connectivity index (χ3v) is 7.28. The number of aliphatic carboxylic acids is 1. The smallest absolute Gasteiger partial charge is 0.322 e. The standard InChI is InChI=1S/C11H20N2O4S2/c1-8(2)10-13(9(7-18-10)11(14)15)19(16,17)12-5-3-4-6-12/h8-10H,3-7H2,1-2H3,(H,14,15). The fraction of sp³-hybridized carbons (Fsp3) is 0.909. The molecule has 2 unspecified atom stereocenters. The molecule has 0 aromatic carbocycles. The number of hydrogen-bond donors (Lipinski definition) is 1. The highest BCUT2D eigenvalue weighted by Gasteiger charge is 2.49. The van der Waals surface area contributed by atoms with E-state index in [1.807, 2.05) is 13.8 Å². The fourth-order valence-corrected chi connectivity index (χ4v) is 6.47. The minimum Gasteiger partial charge on any atom is -0.480 e. The first-order valence-electron chi connectivity index (χ1n) is 6.48. The van der Waals surface area contributed by atoms with Crippen LogP contribution in [-0.4, -0.2) is 58.4 Å². The highest BCUT2D eigenvalue weighted by Crippen LogP contribution is 2.37. The molecule has 0 aromatic heterocycles. The molecule has 0 spiro atoms. The minimum atomic E-state index is -3.66. The molecule has 0 aliphatic carbocycles. The van der Waals surface area contributed by atoms with Crippen LogP contribution in [0.4, 0.5) is 0 Å². The molecule has 2 saturated heterocycles. The number of carboxylic acids is 1. The van der Waals surface area contributed by atoms with Gasteiger partial charge in [-0.05, 0) is 18.8 Å². The molecule has 0 amide bonds. The molecule has 1 N–H and O–H groups in total. The number of hydrogen-bond acceptors (Lipinski definition) is 4.